The van der Waals surface area contributed by atoms with E-state index in [4.69, 9.17) is 23.2 Å². The van der Waals surface area contributed by atoms with Gasteiger partial charge in [0.05, 0.1) is 6.20 Å². The fraction of sp³-hybridized carbons (Fsp3) is 0. The Morgan fingerprint density at radius 2 is 2.00 bits per heavy atom. The minimum absolute atomic E-state index is 0.0793. The van der Waals surface area contributed by atoms with Gasteiger partial charge in [-0.25, -0.2) is 4.98 Å². The molecule has 11 heavy (non-hydrogen) atoms. The predicted molar refractivity (Wildman–Crippen MR) is 42.5 cm³/mol. The monoisotopic (exact) mass is 209 g/mol. The summed E-state index contributed by atoms with van der Waals surface area (Å²) in [6.45, 7) is 0. The first-order chi connectivity index (χ1) is 5.11. The van der Waals surface area contributed by atoms with Crippen molar-refractivity contribution >= 4 is 45.0 Å². The van der Waals surface area contributed by atoms with Gasteiger partial charge in [-0.3, -0.25) is 9.59 Å². The highest BCUT2D eigenvalue weighted by atomic mass is 35.5. The average Bonchev–Trinajstić information content (AvgIpc) is 2.33. The maximum absolute atomic E-state index is 10.5. The molecule has 0 unspecified atom stereocenters. The van der Waals surface area contributed by atoms with Gasteiger partial charge in [0.15, 0.2) is 5.01 Å². The molecule has 0 bridgehead atoms. The standard InChI is InChI=1S/C5HCl2NO2S/c6-3(9)2-1-8-5(11-2)4(7)10/h1H. The predicted octanol–water partition coefficient (Wildman–Crippen LogP) is 1.90. The lowest BCUT2D eigenvalue weighted by atomic mass is 10.6. The molecule has 0 saturated heterocycles. The number of halogens is 2. The maximum atomic E-state index is 10.5. The Labute approximate surface area is 76.0 Å². The van der Waals surface area contributed by atoms with Crippen molar-refractivity contribution in [3.63, 3.8) is 0 Å². The number of rotatable bonds is 2. The highest BCUT2D eigenvalue weighted by molar-refractivity contribution is 7.18. The molecule has 0 spiro atoms. The molecule has 0 aliphatic rings. The second-order valence-corrected chi connectivity index (χ2v) is 3.29. The lowest BCUT2D eigenvalue weighted by Crippen LogP contribution is -1.83. The number of carbonyl (C=O) groups is 2. The van der Waals surface area contributed by atoms with Crippen LogP contribution in [0.2, 0.25) is 0 Å². The number of hydrogen-bond acceptors (Lipinski definition) is 4. The lowest BCUT2D eigenvalue weighted by Gasteiger charge is -1.78. The third-order valence-electron chi connectivity index (χ3n) is 0.868. The van der Waals surface area contributed by atoms with Crippen LogP contribution in [0.25, 0.3) is 0 Å². The topological polar surface area (TPSA) is 47.0 Å². The van der Waals surface area contributed by atoms with E-state index in [1.165, 1.54) is 6.20 Å². The molecule has 0 aromatic carbocycles. The SMILES string of the molecule is O=C(Cl)c1cnc(C(=O)Cl)s1. The molecule has 0 N–H and O–H groups in total. The Morgan fingerprint density at radius 1 is 1.36 bits per heavy atom. The van der Waals surface area contributed by atoms with Crippen LogP contribution in [0.4, 0.5) is 0 Å². The Hall–Kier alpha value is -0.450. The number of nitrogens with zero attached hydrogens (tertiary/aromatic N) is 1. The molecule has 6 heteroatoms. The van der Waals surface area contributed by atoms with Crippen molar-refractivity contribution in [2.24, 2.45) is 0 Å². The Bertz CT molecular complexity index is 281. The van der Waals surface area contributed by atoms with Crippen molar-refractivity contribution in [1.29, 1.82) is 0 Å². The summed E-state index contributed by atoms with van der Waals surface area (Å²) in [4.78, 5) is 24.7. The van der Waals surface area contributed by atoms with E-state index < -0.39 is 10.5 Å². The molecule has 1 rings (SSSR count). The highest BCUT2D eigenvalue weighted by Gasteiger charge is 2.11. The third-order valence-corrected chi connectivity index (χ3v) is 2.47. The van der Waals surface area contributed by atoms with Crippen molar-refractivity contribution in [3.8, 4) is 0 Å². The second-order valence-electron chi connectivity index (χ2n) is 1.58. The van der Waals surface area contributed by atoms with Gasteiger partial charge in [-0.05, 0) is 23.2 Å². The molecular weight excluding hydrogens is 209 g/mol. The molecule has 0 aliphatic heterocycles. The van der Waals surface area contributed by atoms with Crippen LogP contribution in [-0.2, 0) is 0 Å². The zero-order chi connectivity index (χ0) is 8.43. The molecule has 58 valence electrons. The van der Waals surface area contributed by atoms with Gasteiger partial charge in [0.1, 0.15) is 4.88 Å². The van der Waals surface area contributed by atoms with Gasteiger partial charge in [0.2, 0.25) is 0 Å². The number of thiazole rings is 1. The molecule has 0 amide bonds. The van der Waals surface area contributed by atoms with Crippen molar-refractivity contribution in [1.82, 2.24) is 4.98 Å². The van der Waals surface area contributed by atoms with E-state index in [0.29, 0.717) is 0 Å². The minimum atomic E-state index is -0.681. The summed E-state index contributed by atoms with van der Waals surface area (Å²) in [5, 5.41) is -1.23. The molecule has 0 aliphatic carbocycles. The van der Waals surface area contributed by atoms with Gasteiger partial charge in [-0.15, -0.1) is 11.3 Å². The van der Waals surface area contributed by atoms with E-state index in [9.17, 15) is 9.59 Å². The molecule has 0 radical (unpaired) electrons. The first kappa shape index (κ1) is 8.64. The summed E-state index contributed by atoms with van der Waals surface area (Å²) < 4.78 is 0. The quantitative estimate of drug-likeness (QED) is 0.700. The van der Waals surface area contributed by atoms with Crippen LogP contribution in [0.15, 0.2) is 6.20 Å². The van der Waals surface area contributed by atoms with Crippen LogP contribution in [0.5, 0.6) is 0 Å². The van der Waals surface area contributed by atoms with Crippen molar-refractivity contribution in [2.75, 3.05) is 0 Å². The smallest absolute Gasteiger partial charge is 0.275 e. The van der Waals surface area contributed by atoms with E-state index in [1.54, 1.807) is 0 Å². The molecule has 3 nitrogen and oxygen atoms in total. The first-order valence-electron chi connectivity index (χ1n) is 2.46. The summed E-state index contributed by atoms with van der Waals surface area (Å²) in [7, 11) is 0. The summed E-state index contributed by atoms with van der Waals surface area (Å²) in [5.41, 5.74) is 0. The summed E-state index contributed by atoms with van der Waals surface area (Å²) in [5.74, 6) is 0. The Balaban J connectivity index is 2.99. The van der Waals surface area contributed by atoms with Gasteiger partial charge >= 0.3 is 0 Å². The van der Waals surface area contributed by atoms with Gasteiger partial charge < -0.3 is 0 Å². The fourth-order valence-electron chi connectivity index (χ4n) is 0.456. The van der Waals surface area contributed by atoms with E-state index >= 15 is 0 Å². The van der Waals surface area contributed by atoms with E-state index in [0.717, 1.165) is 11.3 Å². The van der Waals surface area contributed by atoms with Crippen LogP contribution in [0.3, 0.4) is 0 Å². The van der Waals surface area contributed by atoms with E-state index in [-0.39, 0.29) is 9.88 Å². The van der Waals surface area contributed by atoms with Gasteiger partial charge in [-0.1, -0.05) is 0 Å². The summed E-state index contributed by atoms with van der Waals surface area (Å²) in [6, 6.07) is 0. The molecule has 1 heterocycles. The fourth-order valence-corrected chi connectivity index (χ4v) is 1.36. The van der Waals surface area contributed by atoms with Crippen molar-refractivity contribution in [3.05, 3.63) is 16.1 Å². The first-order valence-corrected chi connectivity index (χ1v) is 4.04. The lowest BCUT2D eigenvalue weighted by molar-refractivity contribution is 0.107. The Morgan fingerprint density at radius 3 is 2.27 bits per heavy atom. The maximum Gasteiger partial charge on any atom is 0.281 e. The molecule has 1 aromatic rings. The number of hydrogen-bond donors (Lipinski definition) is 0. The molecule has 0 saturated carbocycles. The van der Waals surface area contributed by atoms with Crippen LogP contribution in [0.1, 0.15) is 19.5 Å². The van der Waals surface area contributed by atoms with Gasteiger partial charge in [0.25, 0.3) is 10.5 Å². The zero-order valence-corrected chi connectivity index (χ0v) is 7.33. The number of aromatic nitrogens is 1. The Kier molecular flexibility index (Phi) is 2.59. The molecule has 1 aromatic heterocycles. The minimum Gasteiger partial charge on any atom is -0.275 e. The summed E-state index contributed by atoms with van der Waals surface area (Å²) in [6.07, 6.45) is 1.22. The van der Waals surface area contributed by atoms with Crippen molar-refractivity contribution < 1.29 is 9.59 Å². The van der Waals surface area contributed by atoms with Gasteiger partial charge in [-0.2, -0.15) is 0 Å². The zero-order valence-electron chi connectivity index (χ0n) is 5.01. The third kappa shape index (κ3) is 1.99. The number of carbonyl (C=O) groups excluding carboxylic acids is 2. The molecule has 0 atom stereocenters. The normalized spacial score (nSPS) is 9.64. The summed E-state index contributed by atoms with van der Waals surface area (Å²) >= 11 is 11.0. The van der Waals surface area contributed by atoms with Crippen LogP contribution < -0.4 is 0 Å². The van der Waals surface area contributed by atoms with E-state index in [1.807, 2.05) is 0 Å². The van der Waals surface area contributed by atoms with Gasteiger partial charge in [0, 0.05) is 0 Å². The molecular formula is C5HCl2NO2S. The van der Waals surface area contributed by atoms with Crippen LogP contribution >= 0.6 is 34.5 Å². The average molecular weight is 210 g/mol. The van der Waals surface area contributed by atoms with Crippen molar-refractivity contribution in [2.45, 2.75) is 0 Å². The second kappa shape index (κ2) is 3.30. The van der Waals surface area contributed by atoms with Crippen LogP contribution in [-0.4, -0.2) is 15.5 Å². The van der Waals surface area contributed by atoms with E-state index in [2.05, 4.69) is 4.98 Å². The van der Waals surface area contributed by atoms with Crippen LogP contribution in [0, 0.1) is 0 Å². The largest absolute Gasteiger partial charge is 0.281 e. The molecule has 0 fully saturated rings. The highest BCUT2D eigenvalue weighted by Crippen LogP contribution is 2.16.